The van der Waals surface area contributed by atoms with Crippen LogP contribution in [0.3, 0.4) is 0 Å². The highest BCUT2D eigenvalue weighted by atomic mass is 16.2. The molecule has 19 heavy (non-hydrogen) atoms. The van der Waals surface area contributed by atoms with E-state index in [0.717, 1.165) is 18.8 Å². The summed E-state index contributed by atoms with van der Waals surface area (Å²) in [6, 6.07) is 8.84. The molecule has 0 bridgehead atoms. The van der Waals surface area contributed by atoms with Crippen molar-refractivity contribution in [1.29, 1.82) is 0 Å². The van der Waals surface area contributed by atoms with Crippen molar-refractivity contribution >= 4 is 0 Å². The van der Waals surface area contributed by atoms with Crippen molar-refractivity contribution in [3.8, 4) is 0 Å². The maximum atomic E-state index is 8.78. The molecule has 0 radical (unpaired) electrons. The number of piperidine rings is 1. The second kappa shape index (κ2) is 7.66. The molecule has 1 saturated heterocycles. The molecule has 2 heteroatoms. The lowest BCUT2D eigenvalue weighted by atomic mass is 9.87. The largest absolute Gasteiger partial charge is 0.396 e. The van der Waals surface area contributed by atoms with Gasteiger partial charge in [-0.05, 0) is 75.7 Å². The zero-order valence-electron chi connectivity index (χ0n) is 12.1. The zero-order chi connectivity index (χ0) is 13.5. The van der Waals surface area contributed by atoms with Gasteiger partial charge in [0.25, 0.3) is 0 Å². The van der Waals surface area contributed by atoms with Gasteiger partial charge in [-0.3, -0.25) is 0 Å². The van der Waals surface area contributed by atoms with Crippen LogP contribution in [0.2, 0.25) is 0 Å². The van der Waals surface area contributed by atoms with E-state index in [-0.39, 0.29) is 0 Å². The molecule has 1 aliphatic heterocycles. The van der Waals surface area contributed by atoms with E-state index in [1.54, 1.807) is 5.56 Å². The molecule has 1 N–H and O–H groups in total. The van der Waals surface area contributed by atoms with E-state index < -0.39 is 0 Å². The number of hydrogen-bond acceptors (Lipinski definition) is 2. The van der Waals surface area contributed by atoms with Crippen LogP contribution in [0.15, 0.2) is 24.3 Å². The molecule has 1 fully saturated rings. The Balaban J connectivity index is 1.75. The number of benzene rings is 1. The molecule has 0 spiro atoms. The summed E-state index contributed by atoms with van der Waals surface area (Å²) in [6.07, 6.45) is 5.94. The number of nitrogens with zero attached hydrogens (tertiary/aromatic N) is 1. The molecule has 106 valence electrons. The molecule has 0 unspecified atom stereocenters. The van der Waals surface area contributed by atoms with Crippen LogP contribution in [-0.2, 0) is 0 Å². The third kappa shape index (κ3) is 4.32. The number of likely N-dealkylation sites (tertiary alicyclic amines) is 1. The van der Waals surface area contributed by atoms with Gasteiger partial charge < -0.3 is 10.0 Å². The van der Waals surface area contributed by atoms with Crippen LogP contribution in [0.1, 0.15) is 49.1 Å². The first-order chi connectivity index (χ1) is 9.31. The molecular formula is C17H27NO. The Morgan fingerprint density at radius 3 is 2.53 bits per heavy atom. The molecule has 0 aromatic heterocycles. The standard InChI is InChI=1S/C17H27NO/c1-15-7-3-4-8-17(15)16-9-12-18(13-10-16)11-5-2-6-14-19/h3-4,7-8,16,19H,2,5-6,9-14H2,1H3. The van der Waals surface area contributed by atoms with Gasteiger partial charge in [-0.25, -0.2) is 0 Å². The fraction of sp³-hybridized carbons (Fsp3) is 0.647. The first-order valence-electron chi connectivity index (χ1n) is 7.70. The highest BCUT2D eigenvalue weighted by Gasteiger charge is 2.20. The van der Waals surface area contributed by atoms with Crippen molar-refractivity contribution in [3.63, 3.8) is 0 Å². The number of aryl methyl sites for hydroxylation is 1. The number of unbranched alkanes of at least 4 members (excludes halogenated alkanes) is 2. The van der Waals surface area contributed by atoms with Gasteiger partial charge in [0.1, 0.15) is 0 Å². The Morgan fingerprint density at radius 1 is 1.11 bits per heavy atom. The molecule has 1 aliphatic rings. The Kier molecular flexibility index (Phi) is 5.87. The minimum absolute atomic E-state index is 0.343. The molecule has 0 aliphatic carbocycles. The third-order valence-electron chi connectivity index (χ3n) is 4.35. The van der Waals surface area contributed by atoms with Gasteiger partial charge in [0, 0.05) is 6.61 Å². The van der Waals surface area contributed by atoms with Gasteiger partial charge in [0.2, 0.25) is 0 Å². The van der Waals surface area contributed by atoms with Crippen molar-refractivity contribution in [3.05, 3.63) is 35.4 Å². The van der Waals surface area contributed by atoms with Gasteiger partial charge >= 0.3 is 0 Å². The predicted molar refractivity (Wildman–Crippen MR) is 80.5 cm³/mol. The van der Waals surface area contributed by atoms with E-state index in [4.69, 9.17) is 5.11 Å². The fourth-order valence-corrected chi connectivity index (χ4v) is 3.14. The van der Waals surface area contributed by atoms with Crippen molar-refractivity contribution in [1.82, 2.24) is 4.90 Å². The SMILES string of the molecule is Cc1ccccc1C1CCN(CCCCCO)CC1. The van der Waals surface area contributed by atoms with E-state index in [0.29, 0.717) is 6.61 Å². The summed E-state index contributed by atoms with van der Waals surface area (Å²) in [5.41, 5.74) is 3.01. The summed E-state index contributed by atoms with van der Waals surface area (Å²) in [6.45, 7) is 6.25. The van der Waals surface area contributed by atoms with Crippen molar-refractivity contribution < 1.29 is 5.11 Å². The summed E-state index contributed by atoms with van der Waals surface area (Å²) in [4.78, 5) is 2.59. The monoisotopic (exact) mass is 261 g/mol. The Labute approximate surface area is 117 Å². The van der Waals surface area contributed by atoms with Crippen molar-refractivity contribution in [2.24, 2.45) is 0 Å². The average Bonchev–Trinajstić information content (AvgIpc) is 2.45. The molecule has 2 rings (SSSR count). The van der Waals surface area contributed by atoms with Gasteiger partial charge in [0.05, 0.1) is 0 Å². The first kappa shape index (κ1) is 14.5. The minimum Gasteiger partial charge on any atom is -0.396 e. The summed E-state index contributed by atoms with van der Waals surface area (Å²) < 4.78 is 0. The second-order valence-electron chi connectivity index (χ2n) is 5.76. The number of aliphatic hydroxyl groups excluding tert-OH is 1. The van der Waals surface area contributed by atoms with Crippen LogP contribution >= 0.6 is 0 Å². The van der Waals surface area contributed by atoms with Gasteiger partial charge in [-0.15, -0.1) is 0 Å². The van der Waals surface area contributed by atoms with Crippen molar-refractivity contribution in [2.45, 2.75) is 44.9 Å². The summed E-state index contributed by atoms with van der Waals surface area (Å²) in [7, 11) is 0. The van der Waals surface area contributed by atoms with Crippen LogP contribution in [0.25, 0.3) is 0 Å². The normalized spacial score (nSPS) is 17.8. The Bertz CT molecular complexity index is 369. The number of rotatable bonds is 6. The van der Waals surface area contributed by atoms with E-state index in [9.17, 15) is 0 Å². The van der Waals surface area contributed by atoms with Crippen LogP contribution in [-0.4, -0.2) is 36.2 Å². The van der Waals surface area contributed by atoms with Crippen LogP contribution < -0.4 is 0 Å². The van der Waals surface area contributed by atoms with Gasteiger partial charge in [0.15, 0.2) is 0 Å². The van der Waals surface area contributed by atoms with E-state index in [2.05, 4.69) is 36.1 Å². The highest BCUT2D eigenvalue weighted by molar-refractivity contribution is 5.29. The molecule has 2 nitrogen and oxygen atoms in total. The maximum Gasteiger partial charge on any atom is 0.0431 e. The Hall–Kier alpha value is -0.860. The first-order valence-corrected chi connectivity index (χ1v) is 7.70. The van der Waals surface area contributed by atoms with E-state index >= 15 is 0 Å². The van der Waals surface area contributed by atoms with E-state index in [1.165, 1.54) is 44.5 Å². The third-order valence-corrected chi connectivity index (χ3v) is 4.35. The molecule has 1 heterocycles. The Morgan fingerprint density at radius 2 is 1.84 bits per heavy atom. The fourth-order valence-electron chi connectivity index (χ4n) is 3.14. The smallest absolute Gasteiger partial charge is 0.0431 e. The predicted octanol–water partition coefficient (Wildman–Crippen LogP) is 3.34. The average molecular weight is 261 g/mol. The van der Waals surface area contributed by atoms with Gasteiger partial charge in [-0.1, -0.05) is 24.3 Å². The topological polar surface area (TPSA) is 23.5 Å². The number of aliphatic hydroxyl groups is 1. The quantitative estimate of drug-likeness (QED) is 0.794. The molecule has 1 aromatic rings. The minimum atomic E-state index is 0.343. The number of hydrogen-bond donors (Lipinski definition) is 1. The highest BCUT2D eigenvalue weighted by Crippen LogP contribution is 2.30. The van der Waals surface area contributed by atoms with Crippen LogP contribution in [0.5, 0.6) is 0 Å². The molecule has 0 atom stereocenters. The second-order valence-corrected chi connectivity index (χ2v) is 5.76. The zero-order valence-corrected chi connectivity index (χ0v) is 12.1. The molecule has 0 amide bonds. The summed E-state index contributed by atoms with van der Waals surface area (Å²) >= 11 is 0. The summed E-state index contributed by atoms with van der Waals surface area (Å²) in [5, 5.41) is 8.78. The summed E-state index contributed by atoms with van der Waals surface area (Å²) in [5.74, 6) is 0.759. The molecule has 1 aromatic carbocycles. The van der Waals surface area contributed by atoms with Crippen molar-refractivity contribution in [2.75, 3.05) is 26.2 Å². The lowest BCUT2D eigenvalue weighted by Crippen LogP contribution is -2.33. The lowest BCUT2D eigenvalue weighted by Gasteiger charge is -2.32. The van der Waals surface area contributed by atoms with Crippen LogP contribution in [0.4, 0.5) is 0 Å². The molecule has 0 saturated carbocycles. The van der Waals surface area contributed by atoms with Crippen LogP contribution in [0, 0.1) is 6.92 Å². The maximum absolute atomic E-state index is 8.78. The lowest BCUT2D eigenvalue weighted by molar-refractivity contribution is 0.204. The van der Waals surface area contributed by atoms with E-state index in [1.807, 2.05) is 0 Å². The molecular weight excluding hydrogens is 234 g/mol. The van der Waals surface area contributed by atoms with Gasteiger partial charge in [-0.2, -0.15) is 0 Å².